The monoisotopic (exact) mass is 900 g/mol. The molecule has 5 aliphatic rings. The van der Waals surface area contributed by atoms with Crippen LogP contribution >= 0.6 is 0 Å². The largest absolute Gasteiger partial charge is 0.489 e. The van der Waals surface area contributed by atoms with Crippen LogP contribution in [-0.2, 0) is 26.3 Å². The number of ether oxygens (including phenoxy) is 1. The van der Waals surface area contributed by atoms with Crippen LogP contribution in [0.15, 0.2) is 67.0 Å². The standard InChI is InChI=1S/C44H40F4N8O7S/c45-27-9-10-55(19-27)64(61,62)52-34-5-4-32(46)38(39(34)48)40(58)31-17-50-41-30(31)14-25(16-49-41)24-1-7-36(33(47)15-24)63-12-11-53-20-44(21-53)22-54(23-44)28-2-3-29-26(13-28)18-56(43(29)60)35-6-8-37(57)51-42(35)59/h1-5,7,13-17,27,35,52H,6,8-12,18-23H2,(H,49,50)(H,51,57,59)/t27-,35?/m1/s1. The molecule has 3 N–H and O–H groups in total. The highest BCUT2D eigenvalue weighted by Crippen LogP contribution is 2.43. The quantitative estimate of drug-likeness (QED) is 0.0916. The van der Waals surface area contributed by atoms with Gasteiger partial charge in [0.25, 0.3) is 5.91 Å². The zero-order chi connectivity index (χ0) is 44.7. The van der Waals surface area contributed by atoms with Crippen LogP contribution < -0.4 is 19.7 Å². The molecule has 4 saturated heterocycles. The lowest BCUT2D eigenvalue weighted by atomic mass is 9.72. The van der Waals surface area contributed by atoms with Gasteiger partial charge in [-0.05, 0) is 72.5 Å². The Bertz CT molecular complexity index is 2900. The number of piperidine rings is 1. The number of nitrogens with zero attached hydrogens (tertiary/aromatic N) is 5. The lowest BCUT2D eigenvalue weighted by Gasteiger charge is -2.61. The summed E-state index contributed by atoms with van der Waals surface area (Å²) in [6.45, 7) is 3.99. The van der Waals surface area contributed by atoms with Crippen molar-refractivity contribution in [3.8, 4) is 16.9 Å². The second-order valence-corrected chi connectivity index (χ2v) is 18.8. The van der Waals surface area contributed by atoms with Crippen LogP contribution in [0.5, 0.6) is 5.75 Å². The average Bonchev–Trinajstić information content (AvgIpc) is 3.96. The second-order valence-electron chi connectivity index (χ2n) is 17.1. The Hall–Kier alpha value is -6.38. The number of hydrogen-bond acceptors (Lipinski definition) is 10. The second kappa shape index (κ2) is 15.7. The van der Waals surface area contributed by atoms with Gasteiger partial charge < -0.3 is 19.5 Å². The smallest absolute Gasteiger partial charge is 0.301 e. The molecule has 5 aliphatic heterocycles. The van der Waals surface area contributed by atoms with Crippen molar-refractivity contribution in [1.29, 1.82) is 0 Å². The van der Waals surface area contributed by atoms with Crippen LogP contribution in [0.25, 0.3) is 22.2 Å². The number of likely N-dealkylation sites (tertiary alicyclic amines) is 1. The SMILES string of the molecule is O=C1CCC(N2Cc3cc(N4CC5(CN(CCOc6ccc(-c7cnc8[nH]cc(C(=O)c9c(F)ccc(NS(=O)(=O)N%10CC[C@@H](F)C%10)c9F)c8c7)cc6F)C5)C4)ccc3C2=O)C(=O)N1. The lowest BCUT2D eigenvalue weighted by molar-refractivity contribution is -0.136. The molecule has 64 heavy (non-hydrogen) atoms. The minimum Gasteiger partial charge on any atom is -0.489 e. The summed E-state index contributed by atoms with van der Waals surface area (Å²) >= 11 is 0. The number of rotatable bonds is 12. The highest BCUT2D eigenvalue weighted by atomic mass is 32.2. The van der Waals surface area contributed by atoms with Gasteiger partial charge >= 0.3 is 10.2 Å². The van der Waals surface area contributed by atoms with E-state index in [-0.39, 0.29) is 65.6 Å². The molecule has 0 aliphatic carbocycles. The van der Waals surface area contributed by atoms with Crippen LogP contribution in [0, 0.1) is 22.9 Å². The number of carbonyl (C=O) groups excluding carboxylic acids is 4. The van der Waals surface area contributed by atoms with Gasteiger partial charge in [-0.15, -0.1) is 0 Å². The van der Waals surface area contributed by atoms with Gasteiger partial charge in [-0.2, -0.15) is 12.7 Å². The highest BCUT2D eigenvalue weighted by molar-refractivity contribution is 7.90. The van der Waals surface area contributed by atoms with Crippen molar-refractivity contribution in [2.24, 2.45) is 5.41 Å². The molecule has 2 atom stereocenters. The fraction of sp³-hybridized carbons (Fsp3) is 0.341. The Balaban J connectivity index is 0.735. The number of anilines is 2. The van der Waals surface area contributed by atoms with Crippen LogP contribution in [0.3, 0.4) is 0 Å². The van der Waals surface area contributed by atoms with E-state index in [0.717, 1.165) is 53.9 Å². The summed E-state index contributed by atoms with van der Waals surface area (Å²) in [7, 11) is -4.39. The molecule has 5 aromatic rings. The first kappa shape index (κ1) is 41.6. The van der Waals surface area contributed by atoms with E-state index in [2.05, 4.69) is 25.1 Å². The van der Waals surface area contributed by atoms with Gasteiger partial charge in [0, 0.05) is 104 Å². The summed E-state index contributed by atoms with van der Waals surface area (Å²) in [6.07, 6.45) is 1.79. The average molecular weight is 901 g/mol. The Morgan fingerprint density at radius 3 is 2.52 bits per heavy atom. The topological polar surface area (TPSA) is 177 Å². The molecule has 0 saturated carbocycles. The van der Waals surface area contributed by atoms with Crippen LogP contribution in [-0.4, -0.2) is 121 Å². The predicted molar refractivity (Wildman–Crippen MR) is 224 cm³/mol. The summed E-state index contributed by atoms with van der Waals surface area (Å²) < 4.78 is 94.0. The van der Waals surface area contributed by atoms with Gasteiger partial charge in [0.2, 0.25) is 17.6 Å². The maximum absolute atomic E-state index is 15.7. The number of H-pyrrole nitrogens is 1. The minimum atomic E-state index is -4.39. The number of benzene rings is 3. The van der Waals surface area contributed by atoms with Crippen LogP contribution in [0.2, 0.25) is 0 Å². The zero-order valence-electron chi connectivity index (χ0n) is 34.0. The molecular formula is C44H40F4N8O7S. The normalized spacial score (nSPS) is 21.0. The van der Waals surface area contributed by atoms with Crippen molar-refractivity contribution in [3.63, 3.8) is 0 Å². The molecule has 0 radical (unpaired) electrons. The van der Waals surface area contributed by atoms with Gasteiger partial charge in [0.15, 0.2) is 17.4 Å². The van der Waals surface area contributed by atoms with E-state index < -0.39 is 69.4 Å². The van der Waals surface area contributed by atoms with Crippen LogP contribution in [0.1, 0.15) is 51.1 Å². The first-order valence-corrected chi connectivity index (χ1v) is 22.2. The summed E-state index contributed by atoms with van der Waals surface area (Å²) in [6, 6.07) is 12.6. The number of aromatic amines is 1. The van der Waals surface area contributed by atoms with Crippen molar-refractivity contribution >= 4 is 56.1 Å². The van der Waals surface area contributed by atoms with Gasteiger partial charge in [-0.3, -0.25) is 34.1 Å². The molecule has 3 aromatic carbocycles. The van der Waals surface area contributed by atoms with Gasteiger partial charge in [0.1, 0.15) is 30.3 Å². The first-order valence-electron chi connectivity index (χ1n) is 20.7. The van der Waals surface area contributed by atoms with Gasteiger partial charge in [0.05, 0.1) is 11.3 Å². The lowest BCUT2D eigenvalue weighted by Crippen LogP contribution is -2.72. The predicted octanol–water partition coefficient (Wildman–Crippen LogP) is 4.54. The van der Waals surface area contributed by atoms with E-state index in [1.165, 1.54) is 30.6 Å². The van der Waals surface area contributed by atoms with Crippen molar-refractivity contribution < 1.29 is 49.9 Å². The molecule has 7 heterocycles. The molecule has 4 fully saturated rings. The first-order chi connectivity index (χ1) is 30.6. The molecular weight excluding hydrogens is 861 g/mol. The van der Waals surface area contributed by atoms with Gasteiger partial charge in [-0.25, -0.2) is 22.5 Å². The van der Waals surface area contributed by atoms with Crippen molar-refractivity contribution in [2.45, 2.75) is 38.0 Å². The molecule has 0 bridgehead atoms. The number of carbonyl (C=O) groups is 4. The number of imide groups is 1. The summed E-state index contributed by atoms with van der Waals surface area (Å²) in [5.41, 5.74) is 1.72. The number of aromatic nitrogens is 2. The number of halogens is 4. The molecule has 3 amide bonds. The molecule has 332 valence electrons. The molecule has 20 heteroatoms. The maximum atomic E-state index is 15.7. The van der Waals surface area contributed by atoms with Crippen molar-refractivity contribution in [2.75, 3.05) is 62.0 Å². The Labute approximate surface area is 363 Å². The fourth-order valence-corrected chi connectivity index (χ4v) is 10.7. The Morgan fingerprint density at radius 1 is 0.953 bits per heavy atom. The maximum Gasteiger partial charge on any atom is 0.301 e. The van der Waals surface area contributed by atoms with E-state index in [1.807, 2.05) is 22.9 Å². The Morgan fingerprint density at radius 2 is 1.77 bits per heavy atom. The molecule has 1 unspecified atom stereocenters. The fourth-order valence-electron chi connectivity index (χ4n) is 9.48. The third-order valence-corrected chi connectivity index (χ3v) is 14.2. The van der Waals surface area contributed by atoms with Crippen molar-refractivity contribution in [3.05, 3.63) is 107 Å². The summed E-state index contributed by atoms with van der Waals surface area (Å²) in [5, 5.41) is 2.51. The number of amides is 3. The number of nitrogens with one attached hydrogen (secondary N) is 3. The number of alkyl halides is 1. The van der Waals surface area contributed by atoms with E-state index >= 15 is 13.2 Å². The minimum absolute atomic E-state index is 0.0235. The zero-order valence-corrected chi connectivity index (χ0v) is 34.8. The van der Waals surface area contributed by atoms with Crippen molar-refractivity contribution in [1.82, 2.24) is 29.4 Å². The third-order valence-electron chi connectivity index (χ3n) is 12.7. The summed E-state index contributed by atoms with van der Waals surface area (Å²) in [4.78, 5) is 63.9. The van der Waals surface area contributed by atoms with Gasteiger partial charge in [-0.1, -0.05) is 6.07 Å². The number of hydrogen-bond donors (Lipinski definition) is 3. The third kappa shape index (κ3) is 7.41. The van der Waals surface area contributed by atoms with E-state index in [0.29, 0.717) is 36.2 Å². The summed E-state index contributed by atoms with van der Waals surface area (Å²) in [5.74, 6) is -5.32. The number of pyridine rings is 1. The van der Waals surface area contributed by atoms with E-state index in [9.17, 15) is 32.0 Å². The van der Waals surface area contributed by atoms with E-state index in [4.69, 9.17) is 4.74 Å². The molecule has 2 aromatic heterocycles. The van der Waals surface area contributed by atoms with Crippen LogP contribution in [0.4, 0.5) is 28.9 Å². The molecule has 15 nitrogen and oxygen atoms in total. The number of ketones is 1. The molecule has 1 spiro atoms. The van der Waals surface area contributed by atoms with E-state index in [1.54, 1.807) is 11.0 Å². The number of fused-ring (bicyclic) bond motifs is 2. The Kier molecular flexibility index (Phi) is 10.2. The molecule has 10 rings (SSSR count). The highest BCUT2D eigenvalue weighted by Gasteiger charge is 2.51.